The summed E-state index contributed by atoms with van der Waals surface area (Å²) in [6.07, 6.45) is 0.798. The summed E-state index contributed by atoms with van der Waals surface area (Å²) < 4.78 is 11.1. The number of benzene rings is 4. The van der Waals surface area contributed by atoms with Gasteiger partial charge in [0.2, 0.25) is 0 Å². The predicted molar refractivity (Wildman–Crippen MR) is 126 cm³/mol. The number of amides is 1. The van der Waals surface area contributed by atoms with Crippen molar-refractivity contribution in [2.75, 3.05) is 20.8 Å². The van der Waals surface area contributed by atoms with Crippen LogP contribution in [0.25, 0.3) is 21.9 Å². The van der Waals surface area contributed by atoms with Gasteiger partial charge in [0.15, 0.2) is 11.5 Å². The average molecular weight is 421 g/mol. The Hall–Kier alpha value is -3.79. The first-order chi connectivity index (χ1) is 15.7. The van der Waals surface area contributed by atoms with E-state index in [0.717, 1.165) is 50.8 Å². The first-order valence-electron chi connectivity index (χ1n) is 10.9. The number of methoxy groups -OCH3 is 2. The maximum absolute atomic E-state index is 13.8. The highest BCUT2D eigenvalue weighted by Gasteiger charge is 2.43. The van der Waals surface area contributed by atoms with E-state index in [4.69, 9.17) is 9.47 Å². The topological polar surface area (TPSA) is 38.8 Å². The number of hydrogen-bond acceptors (Lipinski definition) is 3. The second kappa shape index (κ2) is 7.13. The molecule has 4 nitrogen and oxygen atoms in total. The monoisotopic (exact) mass is 421 g/mol. The minimum Gasteiger partial charge on any atom is -0.493 e. The average Bonchev–Trinajstić information content (AvgIpc) is 3.13. The zero-order valence-electron chi connectivity index (χ0n) is 18.1. The van der Waals surface area contributed by atoms with E-state index in [2.05, 4.69) is 42.5 Å². The third kappa shape index (κ3) is 2.59. The van der Waals surface area contributed by atoms with E-state index in [0.29, 0.717) is 12.3 Å². The van der Waals surface area contributed by atoms with Crippen molar-refractivity contribution in [3.8, 4) is 22.6 Å². The fourth-order valence-electron chi connectivity index (χ4n) is 5.36. The van der Waals surface area contributed by atoms with Gasteiger partial charge in [0, 0.05) is 12.1 Å². The molecular formula is C28H23NO3. The van der Waals surface area contributed by atoms with E-state index < -0.39 is 0 Å². The molecule has 0 bridgehead atoms. The van der Waals surface area contributed by atoms with Crippen molar-refractivity contribution in [2.24, 2.45) is 0 Å². The van der Waals surface area contributed by atoms with Crippen molar-refractivity contribution in [3.63, 3.8) is 0 Å². The third-order valence-corrected chi connectivity index (χ3v) is 6.79. The van der Waals surface area contributed by atoms with Crippen molar-refractivity contribution in [1.29, 1.82) is 0 Å². The van der Waals surface area contributed by atoms with Gasteiger partial charge in [0.1, 0.15) is 0 Å². The summed E-state index contributed by atoms with van der Waals surface area (Å²) in [5.41, 5.74) is 6.32. The van der Waals surface area contributed by atoms with Crippen LogP contribution in [0.5, 0.6) is 11.5 Å². The molecule has 2 aliphatic rings. The van der Waals surface area contributed by atoms with Crippen LogP contribution in [0.3, 0.4) is 0 Å². The molecule has 1 amide bonds. The van der Waals surface area contributed by atoms with Gasteiger partial charge in [-0.1, -0.05) is 54.6 Å². The van der Waals surface area contributed by atoms with Crippen LogP contribution in [-0.4, -0.2) is 31.6 Å². The summed E-state index contributed by atoms with van der Waals surface area (Å²) in [4.78, 5) is 15.8. The van der Waals surface area contributed by atoms with Crippen LogP contribution >= 0.6 is 0 Å². The molecule has 1 atom stereocenters. The number of fused-ring (bicyclic) bond motifs is 6. The highest BCUT2D eigenvalue weighted by Crippen LogP contribution is 2.49. The van der Waals surface area contributed by atoms with E-state index in [9.17, 15) is 4.79 Å². The van der Waals surface area contributed by atoms with Crippen LogP contribution in [0.4, 0.5) is 0 Å². The molecule has 158 valence electrons. The van der Waals surface area contributed by atoms with Crippen LogP contribution in [0.2, 0.25) is 0 Å². The number of carbonyl (C=O) groups is 1. The van der Waals surface area contributed by atoms with Gasteiger partial charge in [-0.2, -0.15) is 0 Å². The molecule has 2 heterocycles. The van der Waals surface area contributed by atoms with Crippen LogP contribution in [-0.2, 0) is 6.42 Å². The molecule has 0 fully saturated rings. The Bertz CT molecular complexity index is 1380. The Labute approximate surface area is 187 Å². The molecule has 0 saturated heterocycles. The maximum atomic E-state index is 13.8. The number of rotatable bonds is 3. The largest absolute Gasteiger partial charge is 0.493 e. The van der Waals surface area contributed by atoms with Crippen molar-refractivity contribution in [3.05, 3.63) is 95.1 Å². The van der Waals surface area contributed by atoms with E-state index >= 15 is 0 Å². The first kappa shape index (κ1) is 18.9. The lowest BCUT2D eigenvalue weighted by atomic mass is 9.85. The molecule has 0 aliphatic carbocycles. The highest BCUT2D eigenvalue weighted by molar-refractivity contribution is 6.13. The zero-order valence-corrected chi connectivity index (χ0v) is 18.1. The lowest BCUT2D eigenvalue weighted by molar-refractivity contribution is 0.0740. The molecule has 0 spiro atoms. The smallest absolute Gasteiger partial charge is 0.255 e. The Kier molecular flexibility index (Phi) is 4.22. The second-order valence-electron chi connectivity index (χ2n) is 8.36. The van der Waals surface area contributed by atoms with Gasteiger partial charge in [-0.3, -0.25) is 4.79 Å². The Morgan fingerprint density at radius 2 is 1.53 bits per heavy atom. The van der Waals surface area contributed by atoms with E-state index in [1.165, 1.54) is 5.56 Å². The van der Waals surface area contributed by atoms with Gasteiger partial charge in [-0.05, 0) is 57.6 Å². The highest BCUT2D eigenvalue weighted by atomic mass is 16.5. The number of carbonyl (C=O) groups excluding carboxylic acids is 1. The van der Waals surface area contributed by atoms with Crippen molar-refractivity contribution < 1.29 is 14.3 Å². The third-order valence-electron chi connectivity index (χ3n) is 6.79. The standard InChI is InChI=1S/C28H23NO3/c1-31-23-15-19-12-13-29-27(21(19)16-24(23)32-2)22-14-18-10-6-7-11-20(18)25(26(22)28(29)30)17-8-4-3-5-9-17/h3-11,14-16,27H,12-13H2,1-2H3. The fraction of sp³-hybridized carbons (Fsp3) is 0.179. The summed E-state index contributed by atoms with van der Waals surface area (Å²) in [5, 5.41) is 2.26. The lowest BCUT2D eigenvalue weighted by Gasteiger charge is -2.33. The summed E-state index contributed by atoms with van der Waals surface area (Å²) in [6, 6.07) is 24.8. The number of nitrogens with zero attached hydrogens (tertiary/aromatic N) is 1. The molecule has 4 heteroatoms. The van der Waals surface area contributed by atoms with Crippen LogP contribution < -0.4 is 9.47 Å². The quantitative estimate of drug-likeness (QED) is 0.431. The maximum Gasteiger partial charge on any atom is 0.255 e. The van der Waals surface area contributed by atoms with E-state index in [1.54, 1.807) is 14.2 Å². The molecule has 32 heavy (non-hydrogen) atoms. The molecule has 0 aromatic heterocycles. The minimum atomic E-state index is -0.117. The van der Waals surface area contributed by atoms with E-state index in [-0.39, 0.29) is 11.9 Å². The first-order valence-corrected chi connectivity index (χ1v) is 10.9. The zero-order chi connectivity index (χ0) is 21.8. The summed E-state index contributed by atoms with van der Waals surface area (Å²) in [7, 11) is 3.31. The van der Waals surface area contributed by atoms with Gasteiger partial charge in [0.25, 0.3) is 5.91 Å². The Morgan fingerprint density at radius 1 is 0.812 bits per heavy atom. The van der Waals surface area contributed by atoms with Crippen LogP contribution in [0.1, 0.15) is 33.1 Å². The van der Waals surface area contributed by atoms with Gasteiger partial charge < -0.3 is 14.4 Å². The second-order valence-corrected chi connectivity index (χ2v) is 8.36. The van der Waals surface area contributed by atoms with E-state index in [1.807, 2.05) is 35.2 Å². The molecule has 0 radical (unpaired) electrons. The van der Waals surface area contributed by atoms with Crippen molar-refractivity contribution in [2.45, 2.75) is 12.5 Å². The molecule has 0 N–H and O–H groups in total. The summed E-state index contributed by atoms with van der Waals surface area (Å²) in [6.45, 7) is 0.686. The summed E-state index contributed by atoms with van der Waals surface area (Å²) >= 11 is 0. The Balaban J connectivity index is 1.66. The Morgan fingerprint density at radius 3 is 2.31 bits per heavy atom. The van der Waals surface area contributed by atoms with Crippen LogP contribution in [0, 0.1) is 0 Å². The molecule has 6 rings (SSSR count). The fourth-order valence-corrected chi connectivity index (χ4v) is 5.36. The van der Waals surface area contributed by atoms with Gasteiger partial charge in [0.05, 0.1) is 25.8 Å². The lowest BCUT2D eigenvalue weighted by Crippen LogP contribution is -2.35. The molecule has 2 aliphatic heterocycles. The normalized spacial score (nSPS) is 16.5. The van der Waals surface area contributed by atoms with Crippen molar-refractivity contribution >= 4 is 16.7 Å². The molecule has 4 aromatic rings. The molecule has 1 unspecified atom stereocenters. The summed E-state index contributed by atoms with van der Waals surface area (Å²) in [5.74, 6) is 1.53. The van der Waals surface area contributed by atoms with Crippen molar-refractivity contribution in [1.82, 2.24) is 4.90 Å². The molecule has 4 aromatic carbocycles. The van der Waals surface area contributed by atoms with Gasteiger partial charge >= 0.3 is 0 Å². The number of hydrogen-bond donors (Lipinski definition) is 0. The SMILES string of the molecule is COc1cc2c(cc1OC)C1c3cc4ccccc4c(-c4ccccc4)c3C(=O)N1CC2. The van der Waals surface area contributed by atoms with Gasteiger partial charge in [-0.15, -0.1) is 0 Å². The number of ether oxygens (including phenoxy) is 2. The van der Waals surface area contributed by atoms with Gasteiger partial charge in [-0.25, -0.2) is 0 Å². The predicted octanol–water partition coefficient (Wildman–Crippen LogP) is 5.63. The minimum absolute atomic E-state index is 0.107. The molecular weight excluding hydrogens is 398 g/mol. The molecule has 0 saturated carbocycles. The van der Waals surface area contributed by atoms with Crippen LogP contribution in [0.15, 0.2) is 72.8 Å².